The summed E-state index contributed by atoms with van der Waals surface area (Å²) in [6.45, 7) is 2.72. The van der Waals surface area contributed by atoms with Crippen molar-refractivity contribution in [1.82, 2.24) is 0 Å². The fraction of sp³-hybridized carbons (Fsp3) is 0.364. The van der Waals surface area contributed by atoms with Crippen molar-refractivity contribution in [2.75, 3.05) is 7.11 Å². The lowest BCUT2D eigenvalue weighted by molar-refractivity contribution is 0.0927. The Labute approximate surface area is 95.2 Å². The second kappa shape index (κ2) is 4.73. The Morgan fingerprint density at radius 3 is 1.71 bits per heavy atom. The van der Waals surface area contributed by atoms with E-state index in [9.17, 15) is 22.4 Å². The lowest BCUT2D eigenvalue weighted by atomic mass is 9.99. The van der Waals surface area contributed by atoms with Gasteiger partial charge in [0.15, 0.2) is 23.2 Å². The molecule has 0 aliphatic heterocycles. The minimum absolute atomic E-state index is 0.786. The SMILES string of the molecule is COc1c(F)c(F)c(C(=O)C(C)C)c(F)c1F. The zero-order valence-corrected chi connectivity index (χ0v) is 9.41. The van der Waals surface area contributed by atoms with E-state index in [0.717, 1.165) is 7.11 Å². The summed E-state index contributed by atoms with van der Waals surface area (Å²) in [5, 5.41) is 0. The van der Waals surface area contributed by atoms with Gasteiger partial charge < -0.3 is 4.74 Å². The van der Waals surface area contributed by atoms with Crippen LogP contribution in [-0.4, -0.2) is 12.9 Å². The molecule has 0 N–H and O–H groups in total. The van der Waals surface area contributed by atoms with Gasteiger partial charge in [0.2, 0.25) is 11.6 Å². The second-order valence-corrected chi connectivity index (χ2v) is 3.68. The van der Waals surface area contributed by atoms with Crippen LogP contribution in [0.3, 0.4) is 0 Å². The van der Waals surface area contributed by atoms with E-state index in [-0.39, 0.29) is 0 Å². The Bertz CT molecular complexity index is 440. The van der Waals surface area contributed by atoms with Gasteiger partial charge in [-0.1, -0.05) is 13.8 Å². The molecule has 2 nitrogen and oxygen atoms in total. The largest absolute Gasteiger partial charge is 0.491 e. The predicted molar refractivity (Wildman–Crippen MR) is 52.0 cm³/mol. The number of hydrogen-bond acceptors (Lipinski definition) is 2. The van der Waals surface area contributed by atoms with Crippen LogP contribution in [0.4, 0.5) is 17.6 Å². The number of carbonyl (C=O) groups excluding carboxylic acids is 1. The van der Waals surface area contributed by atoms with Gasteiger partial charge in [0.05, 0.1) is 12.7 Å². The molecule has 0 saturated heterocycles. The van der Waals surface area contributed by atoms with Gasteiger partial charge in [0.25, 0.3) is 0 Å². The highest BCUT2D eigenvalue weighted by Gasteiger charge is 2.30. The molecule has 1 aromatic rings. The standard InChI is InChI=1S/C11H10F4O2/c1-4(2)10(16)5-6(12)8(14)11(17-3)9(15)7(5)13/h4H,1-3H3. The molecule has 1 rings (SSSR count). The number of carbonyl (C=O) groups is 1. The number of ketones is 1. The van der Waals surface area contributed by atoms with E-state index >= 15 is 0 Å². The zero-order valence-electron chi connectivity index (χ0n) is 9.41. The van der Waals surface area contributed by atoms with Crippen molar-refractivity contribution >= 4 is 5.78 Å². The molecule has 0 spiro atoms. The van der Waals surface area contributed by atoms with Gasteiger partial charge in [-0.15, -0.1) is 0 Å². The highest BCUT2D eigenvalue weighted by molar-refractivity contribution is 5.98. The van der Waals surface area contributed by atoms with Crippen molar-refractivity contribution in [1.29, 1.82) is 0 Å². The summed E-state index contributed by atoms with van der Waals surface area (Å²) in [6.07, 6.45) is 0. The summed E-state index contributed by atoms with van der Waals surface area (Å²) < 4.78 is 57.6. The molecule has 0 heterocycles. The summed E-state index contributed by atoms with van der Waals surface area (Å²) in [5.41, 5.74) is -1.21. The summed E-state index contributed by atoms with van der Waals surface area (Å²) in [4.78, 5) is 11.4. The van der Waals surface area contributed by atoms with Crippen molar-refractivity contribution in [3.8, 4) is 5.75 Å². The van der Waals surface area contributed by atoms with Crippen LogP contribution < -0.4 is 4.74 Å². The summed E-state index contributed by atoms with van der Waals surface area (Å²) in [5.74, 6) is -9.88. The smallest absolute Gasteiger partial charge is 0.204 e. The van der Waals surface area contributed by atoms with E-state index in [4.69, 9.17) is 0 Å². The van der Waals surface area contributed by atoms with Crippen LogP contribution in [0.25, 0.3) is 0 Å². The molecule has 94 valence electrons. The summed E-state index contributed by atoms with van der Waals surface area (Å²) >= 11 is 0. The Hall–Kier alpha value is -1.59. The fourth-order valence-corrected chi connectivity index (χ4v) is 1.30. The topological polar surface area (TPSA) is 26.3 Å². The van der Waals surface area contributed by atoms with Crippen LogP contribution in [0.15, 0.2) is 0 Å². The fourth-order valence-electron chi connectivity index (χ4n) is 1.30. The monoisotopic (exact) mass is 250 g/mol. The predicted octanol–water partition coefficient (Wildman–Crippen LogP) is 3.09. The molecule has 0 amide bonds. The van der Waals surface area contributed by atoms with Gasteiger partial charge >= 0.3 is 0 Å². The van der Waals surface area contributed by atoms with E-state index in [1.165, 1.54) is 13.8 Å². The Morgan fingerprint density at radius 2 is 1.41 bits per heavy atom. The highest BCUT2D eigenvalue weighted by Crippen LogP contribution is 2.30. The third-order valence-electron chi connectivity index (χ3n) is 2.20. The first kappa shape index (κ1) is 13.5. The maximum absolute atomic E-state index is 13.4. The lowest BCUT2D eigenvalue weighted by Crippen LogP contribution is -2.16. The van der Waals surface area contributed by atoms with Gasteiger partial charge in [-0.3, -0.25) is 4.79 Å². The van der Waals surface area contributed by atoms with Crippen LogP contribution >= 0.6 is 0 Å². The number of benzene rings is 1. The molecule has 0 aliphatic rings. The number of rotatable bonds is 3. The van der Waals surface area contributed by atoms with E-state index in [1.54, 1.807) is 0 Å². The molecule has 0 radical (unpaired) electrons. The Kier molecular flexibility index (Phi) is 3.75. The maximum atomic E-state index is 13.4. The molecule has 1 aromatic carbocycles. The number of ether oxygens (including phenoxy) is 1. The van der Waals surface area contributed by atoms with Crippen molar-refractivity contribution < 1.29 is 27.1 Å². The minimum atomic E-state index is -1.74. The van der Waals surface area contributed by atoms with Gasteiger partial charge in [0.1, 0.15) is 0 Å². The van der Waals surface area contributed by atoms with E-state index in [0.29, 0.717) is 0 Å². The van der Waals surface area contributed by atoms with Crippen molar-refractivity contribution in [3.05, 3.63) is 28.8 Å². The molecule has 0 saturated carbocycles. The molecule has 17 heavy (non-hydrogen) atoms. The zero-order chi connectivity index (χ0) is 13.3. The minimum Gasteiger partial charge on any atom is -0.491 e. The van der Waals surface area contributed by atoms with Gasteiger partial charge in [-0.2, -0.15) is 8.78 Å². The summed E-state index contributed by atoms with van der Waals surface area (Å²) in [6, 6.07) is 0. The highest BCUT2D eigenvalue weighted by atomic mass is 19.2. The van der Waals surface area contributed by atoms with Gasteiger partial charge in [-0.25, -0.2) is 8.78 Å². The molecular formula is C11H10F4O2. The normalized spacial score (nSPS) is 10.8. The first-order valence-corrected chi connectivity index (χ1v) is 4.77. The number of Topliss-reactive ketones (excluding diaryl/α,β-unsaturated/α-hetero) is 1. The Morgan fingerprint density at radius 1 is 1.00 bits per heavy atom. The molecule has 0 unspecified atom stereocenters. The van der Waals surface area contributed by atoms with Crippen molar-refractivity contribution in [2.45, 2.75) is 13.8 Å². The number of hydrogen-bond donors (Lipinski definition) is 0. The second-order valence-electron chi connectivity index (χ2n) is 3.68. The first-order valence-electron chi connectivity index (χ1n) is 4.77. The van der Waals surface area contributed by atoms with Crippen molar-refractivity contribution in [2.24, 2.45) is 5.92 Å². The molecule has 0 bridgehead atoms. The molecule has 0 aliphatic carbocycles. The van der Waals surface area contributed by atoms with E-state index in [1.807, 2.05) is 0 Å². The van der Waals surface area contributed by atoms with Gasteiger partial charge in [-0.05, 0) is 0 Å². The number of halogens is 4. The molecular weight excluding hydrogens is 240 g/mol. The quantitative estimate of drug-likeness (QED) is 0.468. The van der Waals surface area contributed by atoms with Crippen LogP contribution in [0.2, 0.25) is 0 Å². The third kappa shape index (κ3) is 2.11. The molecule has 0 aromatic heterocycles. The third-order valence-corrected chi connectivity index (χ3v) is 2.20. The van der Waals surface area contributed by atoms with Crippen molar-refractivity contribution in [3.63, 3.8) is 0 Å². The lowest BCUT2D eigenvalue weighted by Gasteiger charge is -2.11. The maximum Gasteiger partial charge on any atom is 0.204 e. The average molecular weight is 250 g/mol. The van der Waals surface area contributed by atoms with Crippen LogP contribution in [0.1, 0.15) is 24.2 Å². The molecule has 0 atom stereocenters. The first-order chi connectivity index (χ1) is 7.82. The van der Waals surface area contributed by atoms with E-state index in [2.05, 4.69) is 4.74 Å². The van der Waals surface area contributed by atoms with Crippen LogP contribution in [0.5, 0.6) is 5.75 Å². The van der Waals surface area contributed by atoms with E-state index < -0.39 is 46.3 Å². The molecule has 0 fully saturated rings. The van der Waals surface area contributed by atoms with Crippen LogP contribution in [0, 0.1) is 29.2 Å². The average Bonchev–Trinajstić information content (AvgIpc) is 2.27. The van der Waals surface area contributed by atoms with Crippen LogP contribution in [-0.2, 0) is 0 Å². The molecule has 6 heteroatoms. The van der Waals surface area contributed by atoms with Gasteiger partial charge in [0, 0.05) is 5.92 Å². The Balaban J connectivity index is 3.59. The summed E-state index contributed by atoms with van der Waals surface area (Å²) in [7, 11) is 0.865. The number of methoxy groups -OCH3 is 1.